The summed E-state index contributed by atoms with van der Waals surface area (Å²) < 4.78 is 46.2. The van der Waals surface area contributed by atoms with E-state index in [0.717, 1.165) is 11.1 Å². The Morgan fingerprint density at radius 3 is 2.23 bits per heavy atom. The first kappa shape index (κ1) is 22.4. The SMILES string of the molecule is Cc1cccc([C@@H]2CN(C(=O)C3(C(F)(F)F)CC3)[C@H](C)CN2C(=O)OC(C)(C)C)c1. The molecule has 1 saturated carbocycles. The lowest BCUT2D eigenvalue weighted by atomic mass is 9.96. The maximum absolute atomic E-state index is 13.6. The largest absolute Gasteiger partial charge is 0.444 e. The molecule has 2 aliphatic rings. The van der Waals surface area contributed by atoms with Crippen LogP contribution in [0.15, 0.2) is 24.3 Å². The molecule has 0 bridgehead atoms. The van der Waals surface area contributed by atoms with Crippen LogP contribution >= 0.6 is 0 Å². The van der Waals surface area contributed by atoms with E-state index in [2.05, 4.69) is 0 Å². The number of ether oxygens (including phenoxy) is 1. The molecule has 2 amide bonds. The van der Waals surface area contributed by atoms with Crippen molar-refractivity contribution in [2.75, 3.05) is 13.1 Å². The van der Waals surface area contributed by atoms with E-state index in [1.807, 2.05) is 31.2 Å². The van der Waals surface area contributed by atoms with Gasteiger partial charge in [0.05, 0.1) is 6.04 Å². The van der Waals surface area contributed by atoms with Gasteiger partial charge in [0.25, 0.3) is 0 Å². The van der Waals surface area contributed by atoms with Crippen molar-refractivity contribution in [2.45, 2.75) is 71.3 Å². The van der Waals surface area contributed by atoms with Crippen LogP contribution in [-0.2, 0) is 9.53 Å². The highest BCUT2D eigenvalue weighted by molar-refractivity contribution is 5.87. The van der Waals surface area contributed by atoms with Crippen LogP contribution in [0.5, 0.6) is 0 Å². The number of piperazine rings is 1. The number of aryl methyl sites for hydroxylation is 1. The number of benzene rings is 1. The second kappa shape index (κ2) is 7.46. The van der Waals surface area contributed by atoms with E-state index in [-0.39, 0.29) is 25.9 Å². The van der Waals surface area contributed by atoms with Gasteiger partial charge in [-0.3, -0.25) is 9.69 Å². The van der Waals surface area contributed by atoms with Gasteiger partial charge < -0.3 is 9.64 Å². The van der Waals surface area contributed by atoms with Gasteiger partial charge in [-0.15, -0.1) is 0 Å². The van der Waals surface area contributed by atoms with Gasteiger partial charge in [0.1, 0.15) is 11.0 Å². The third-order valence-electron chi connectivity index (χ3n) is 5.76. The van der Waals surface area contributed by atoms with Crippen molar-refractivity contribution in [3.8, 4) is 0 Å². The summed E-state index contributed by atoms with van der Waals surface area (Å²) >= 11 is 0. The molecule has 0 spiro atoms. The topological polar surface area (TPSA) is 49.9 Å². The summed E-state index contributed by atoms with van der Waals surface area (Å²) in [7, 11) is 0. The summed E-state index contributed by atoms with van der Waals surface area (Å²) in [6, 6.07) is 6.32. The standard InChI is InChI=1S/C22H29F3N2O3/c1-14-7-6-8-16(11-14)17-13-26(18(28)21(9-10-21)22(23,24)25)15(2)12-27(17)19(29)30-20(3,4)5/h6-8,11,15,17H,9-10,12-13H2,1-5H3/t15-,17+/m1/s1. The summed E-state index contributed by atoms with van der Waals surface area (Å²) in [4.78, 5) is 28.7. The average molecular weight is 426 g/mol. The van der Waals surface area contributed by atoms with Gasteiger partial charge in [-0.25, -0.2) is 4.79 Å². The number of carbonyl (C=O) groups is 2. The van der Waals surface area contributed by atoms with Crippen LogP contribution < -0.4 is 0 Å². The number of nitrogens with zero attached hydrogens (tertiary/aromatic N) is 2. The molecule has 8 heteroatoms. The molecule has 2 fully saturated rings. The number of hydrogen-bond donors (Lipinski definition) is 0. The summed E-state index contributed by atoms with van der Waals surface area (Å²) in [6.45, 7) is 8.96. The molecule has 1 aliphatic heterocycles. The Hall–Kier alpha value is -2.25. The lowest BCUT2D eigenvalue weighted by Gasteiger charge is -2.46. The zero-order valence-corrected chi connectivity index (χ0v) is 18.0. The highest BCUT2D eigenvalue weighted by Crippen LogP contribution is 2.59. The van der Waals surface area contributed by atoms with E-state index in [4.69, 9.17) is 4.74 Å². The fourth-order valence-electron chi connectivity index (χ4n) is 3.96. The first-order chi connectivity index (χ1) is 13.7. The van der Waals surface area contributed by atoms with Crippen molar-refractivity contribution in [1.82, 2.24) is 9.80 Å². The second-order valence-electron chi connectivity index (χ2n) is 9.45. The molecule has 0 radical (unpaired) electrons. The van der Waals surface area contributed by atoms with Gasteiger partial charge in [0, 0.05) is 19.1 Å². The first-order valence-corrected chi connectivity index (χ1v) is 10.2. The smallest absolute Gasteiger partial charge is 0.410 e. The number of alkyl halides is 3. The maximum atomic E-state index is 13.6. The quantitative estimate of drug-likeness (QED) is 0.680. The summed E-state index contributed by atoms with van der Waals surface area (Å²) in [5.74, 6) is -0.885. The Balaban J connectivity index is 1.93. The van der Waals surface area contributed by atoms with Crippen LogP contribution in [0.2, 0.25) is 0 Å². The number of rotatable bonds is 2. The molecular weight excluding hydrogens is 397 g/mol. The van der Waals surface area contributed by atoms with Gasteiger partial charge >= 0.3 is 12.3 Å². The molecule has 1 aliphatic carbocycles. The first-order valence-electron chi connectivity index (χ1n) is 10.2. The molecule has 1 aromatic carbocycles. The summed E-state index contributed by atoms with van der Waals surface area (Å²) in [6.07, 6.45) is -5.46. The number of halogens is 3. The Morgan fingerprint density at radius 1 is 1.10 bits per heavy atom. The van der Waals surface area contributed by atoms with Gasteiger partial charge in [-0.05, 0) is 53.0 Å². The highest BCUT2D eigenvalue weighted by Gasteiger charge is 2.70. The molecule has 3 rings (SSSR count). The Labute approximate surface area is 175 Å². The summed E-state index contributed by atoms with van der Waals surface area (Å²) in [5, 5.41) is 0. The van der Waals surface area contributed by atoms with Crippen LogP contribution in [0.4, 0.5) is 18.0 Å². The van der Waals surface area contributed by atoms with E-state index < -0.39 is 41.3 Å². The fraction of sp³-hybridized carbons (Fsp3) is 0.636. The molecule has 30 heavy (non-hydrogen) atoms. The summed E-state index contributed by atoms with van der Waals surface area (Å²) in [5.41, 5.74) is -1.25. The molecule has 0 N–H and O–H groups in total. The lowest BCUT2D eigenvalue weighted by molar-refractivity contribution is -0.201. The zero-order chi connectivity index (χ0) is 22.5. The third-order valence-corrected chi connectivity index (χ3v) is 5.76. The molecule has 5 nitrogen and oxygen atoms in total. The minimum absolute atomic E-state index is 0.000522. The number of carbonyl (C=O) groups excluding carboxylic acids is 2. The molecular formula is C22H29F3N2O3. The van der Waals surface area contributed by atoms with E-state index >= 15 is 0 Å². The lowest BCUT2D eigenvalue weighted by Crippen LogP contribution is -2.59. The van der Waals surface area contributed by atoms with Crippen molar-refractivity contribution in [3.05, 3.63) is 35.4 Å². The van der Waals surface area contributed by atoms with Crippen LogP contribution in [0.3, 0.4) is 0 Å². The van der Waals surface area contributed by atoms with Gasteiger partial charge in [0.2, 0.25) is 5.91 Å². The van der Waals surface area contributed by atoms with Crippen LogP contribution in [-0.4, -0.2) is 52.7 Å². The minimum atomic E-state index is -4.56. The molecule has 0 aromatic heterocycles. The van der Waals surface area contributed by atoms with Gasteiger partial charge in [0.15, 0.2) is 0 Å². The van der Waals surface area contributed by atoms with Crippen molar-refractivity contribution in [1.29, 1.82) is 0 Å². The van der Waals surface area contributed by atoms with E-state index in [1.54, 1.807) is 27.7 Å². The Bertz CT molecular complexity index is 828. The molecule has 1 aromatic rings. The van der Waals surface area contributed by atoms with E-state index in [9.17, 15) is 22.8 Å². The number of amides is 2. The van der Waals surface area contributed by atoms with Crippen molar-refractivity contribution in [3.63, 3.8) is 0 Å². The monoisotopic (exact) mass is 426 g/mol. The molecule has 1 heterocycles. The van der Waals surface area contributed by atoms with Crippen LogP contribution in [0.25, 0.3) is 0 Å². The Morgan fingerprint density at radius 2 is 1.73 bits per heavy atom. The van der Waals surface area contributed by atoms with Gasteiger partial charge in [-0.1, -0.05) is 29.8 Å². The zero-order valence-electron chi connectivity index (χ0n) is 18.0. The van der Waals surface area contributed by atoms with Crippen molar-refractivity contribution >= 4 is 12.0 Å². The molecule has 2 atom stereocenters. The molecule has 0 unspecified atom stereocenters. The maximum Gasteiger partial charge on any atom is 0.410 e. The van der Waals surface area contributed by atoms with E-state index in [1.165, 1.54) is 9.80 Å². The second-order valence-corrected chi connectivity index (χ2v) is 9.45. The van der Waals surface area contributed by atoms with Crippen molar-refractivity contribution in [2.24, 2.45) is 5.41 Å². The fourth-order valence-corrected chi connectivity index (χ4v) is 3.96. The van der Waals surface area contributed by atoms with Crippen molar-refractivity contribution < 1.29 is 27.5 Å². The average Bonchev–Trinajstić information content (AvgIpc) is 3.41. The predicted molar refractivity (Wildman–Crippen MR) is 106 cm³/mol. The predicted octanol–water partition coefficient (Wildman–Crippen LogP) is 4.85. The molecule has 166 valence electrons. The van der Waals surface area contributed by atoms with E-state index in [0.29, 0.717) is 0 Å². The van der Waals surface area contributed by atoms with Crippen LogP contribution in [0.1, 0.15) is 57.7 Å². The molecule has 1 saturated heterocycles. The minimum Gasteiger partial charge on any atom is -0.444 e. The third kappa shape index (κ3) is 4.27. The van der Waals surface area contributed by atoms with Gasteiger partial charge in [-0.2, -0.15) is 13.2 Å². The highest BCUT2D eigenvalue weighted by atomic mass is 19.4. The normalized spacial score (nSPS) is 23.9. The number of hydrogen-bond acceptors (Lipinski definition) is 3. The van der Waals surface area contributed by atoms with Crippen LogP contribution in [0, 0.1) is 12.3 Å². The Kier molecular flexibility index (Phi) is 5.58.